The zero-order valence-electron chi connectivity index (χ0n) is 10.5. The maximum atomic E-state index is 11.0. The largest absolute Gasteiger partial charge is 0.486 e. The van der Waals surface area contributed by atoms with Crippen LogP contribution in [0.15, 0.2) is 36.4 Å². The summed E-state index contributed by atoms with van der Waals surface area (Å²) in [5, 5.41) is 16.1. The van der Waals surface area contributed by atoms with Crippen LogP contribution in [0.2, 0.25) is 4.34 Å². The van der Waals surface area contributed by atoms with E-state index in [0.29, 0.717) is 26.6 Å². The van der Waals surface area contributed by atoms with Crippen molar-refractivity contribution in [3.05, 3.63) is 56.5 Å². The van der Waals surface area contributed by atoms with Gasteiger partial charge in [-0.15, -0.1) is 5.10 Å². The number of fused-ring (bicyclic) bond motifs is 1. The van der Waals surface area contributed by atoms with Crippen LogP contribution < -0.4 is 4.74 Å². The van der Waals surface area contributed by atoms with E-state index in [1.165, 1.54) is 6.07 Å². The molecule has 3 rings (SSSR count). The Morgan fingerprint density at radius 3 is 2.67 bits per heavy atom. The summed E-state index contributed by atoms with van der Waals surface area (Å²) in [6.45, 7) is 0.164. The van der Waals surface area contributed by atoms with Crippen LogP contribution in [0.3, 0.4) is 0 Å². The van der Waals surface area contributed by atoms with Gasteiger partial charge in [0.25, 0.3) is 5.69 Å². The Morgan fingerprint density at radius 2 is 2.00 bits per heavy atom. The lowest BCUT2D eigenvalue weighted by Gasteiger charge is -2.08. The van der Waals surface area contributed by atoms with E-state index in [9.17, 15) is 10.1 Å². The predicted octanol–water partition coefficient (Wildman–Crippen LogP) is 3.83. The van der Waals surface area contributed by atoms with Gasteiger partial charge >= 0.3 is 0 Å². The summed E-state index contributed by atoms with van der Waals surface area (Å²) < 4.78 is 9.87. The number of rotatable bonds is 4. The normalized spacial score (nSPS) is 10.7. The number of benzene rings is 2. The number of hydrogen-bond donors (Lipinski definition) is 0. The summed E-state index contributed by atoms with van der Waals surface area (Å²) in [6, 6.07) is 10.0. The first-order chi connectivity index (χ1) is 10.2. The lowest BCUT2D eigenvalue weighted by Crippen LogP contribution is -1.98. The van der Waals surface area contributed by atoms with Crippen molar-refractivity contribution in [3.8, 4) is 5.75 Å². The van der Waals surface area contributed by atoms with Gasteiger partial charge in [0.15, 0.2) is 0 Å². The van der Waals surface area contributed by atoms with Gasteiger partial charge in [-0.25, -0.2) is 0 Å². The third-order valence-corrected chi connectivity index (χ3v) is 3.92. The summed E-state index contributed by atoms with van der Waals surface area (Å²) in [5.41, 5.74) is 0.593. The molecule has 8 heteroatoms. The van der Waals surface area contributed by atoms with E-state index in [2.05, 4.69) is 9.59 Å². The molecule has 0 saturated heterocycles. The Bertz CT molecular complexity index is 821. The number of nitrogens with zero attached hydrogens (tertiary/aromatic N) is 3. The molecule has 0 fully saturated rings. The van der Waals surface area contributed by atoms with E-state index in [4.69, 9.17) is 16.3 Å². The Kier molecular flexibility index (Phi) is 3.68. The standard InChI is InChI=1S/C13H8ClN3O3S/c14-13-10(15-16-21-13)7-20-12-6-5-11(17(18)19)8-3-1-2-4-9(8)12/h1-6H,7H2. The van der Waals surface area contributed by atoms with Crippen molar-refractivity contribution in [3.63, 3.8) is 0 Å². The monoisotopic (exact) mass is 321 g/mol. The third kappa shape index (κ3) is 2.65. The number of nitro benzene ring substituents is 1. The zero-order valence-corrected chi connectivity index (χ0v) is 12.1. The van der Waals surface area contributed by atoms with E-state index in [1.807, 2.05) is 0 Å². The molecule has 21 heavy (non-hydrogen) atoms. The van der Waals surface area contributed by atoms with E-state index < -0.39 is 4.92 Å². The van der Waals surface area contributed by atoms with Gasteiger partial charge in [-0.05, 0) is 12.1 Å². The van der Waals surface area contributed by atoms with Crippen molar-refractivity contribution in [1.29, 1.82) is 0 Å². The van der Waals surface area contributed by atoms with Crippen molar-refractivity contribution >= 4 is 39.6 Å². The fourth-order valence-electron chi connectivity index (χ4n) is 1.97. The highest BCUT2D eigenvalue weighted by Gasteiger charge is 2.15. The average molecular weight is 322 g/mol. The van der Waals surface area contributed by atoms with Gasteiger partial charge in [-0.3, -0.25) is 10.1 Å². The molecule has 0 aliphatic rings. The van der Waals surface area contributed by atoms with Crippen LogP contribution in [0.4, 0.5) is 5.69 Å². The summed E-state index contributed by atoms with van der Waals surface area (Å²) in [5.74, 6) is 0.542. The molecule has 0 radical (unpaired) electrons. The highest BCUT2D eigenvalue weighted by Crippen LogP contribution is 2.33. The lowest BCUT2D eigenvalue weighted by atomic mass is 10.1. The van der Waals surface area contributed by atoms with Crippen LogP contribution in [0.1, 0.15) is 5.69 Å². The first-order valence-corrected chi connectivity index (χ1v) is 7.07. The molecular weight excluding hydrogens is 314 g/mol. The minimum Gasteiger partial charge on any atom is -0.486 e. The topological polar surface area (TPSA) is 78.2 Å². The number of aromatic nitrogens is 2. The first-order valence-electron chi connectivity index (χ1n) is 5.92. The van der Waals surface area contributed by atoms with Gasteiger partial charge in [0.1, 0.15) is 22.4 Å². The van der Waals surface area contributed by atoms with Crippen LogP contribution in [-0.4, -0.2) is 14.5 Å². The summed E-state index contributed by atoms with van der Waals surface area (Å²) >= 11 is 7.00. The minimum absolute atomic E-state index is 0.0475. The molecule has 0 atom stereocenters. The molecule has 1 aromatic heterocycles. The molecule has 0 unspecified atom stereocenters. The van der Waals surface area contributed by atoms with E-state index >= 15 is 0 Å². The first kappa shape index (κ1) is 13.7. The highest BCUT2D eigenvalue weighted by molar-refractivity contribution is 7.10. The molecule has 0 aliphatic carbocycles. The van der Waals surface area contributed by atoms with E-state index in [1.54, 1.807) is 30.3 Å². The fourth-order valence-corrected chi connectivity index (χ4v) is 2.57. The van der Waals surface area contributed by atoms with Crippen molar-refractivity contribution in [2.75, 3.05) is 0 Å². The number of hydrogen-bond acceptors (Lipinski definition) is 6. The maximum Gasteiger partial charge on any atom is 0.277 e. The molecule has 0 amide bonds. The Hall–Kier alpha value is -2.25. The van der Waals surface area contributed by atoms with Gasteiger partial charge in [-0.2, -0.15) is 0 Å². The van der Waals surface area contributed by atoms with Crippen molar-refractivity contribution in [1.82, 2.24) is 9.59 Å². The average Bonchev–Trinajstić information content (AvgIpc) is 2.89. The second-order valence-corrected chi connectivity index (χ2v) is 5.52. The molecule has 2 aromatic carbocycles. The van der Waals surface area contributed by atoms with Crippen LogP contribution in [0, 0.1) is 10.1 Å². The number of halogens is 1. The molecule has 6 nitrogen and oxygen atoms in total. The second-order valence-electron chi connectivity index (χ2n) is 4.17. The lowest BCUT2D eigenvalue weighted by molar-refractivity contribution is -0.383. The van der Waals surface area contributed by atoms with Gasteiger partial charge < -0.3 is 4.74 Å². The SMILES string of the molecule is O=[N+]([O-])c1ccc(OCc2nnsc2Cl)c2ccccc12. The fraction of sp³-hybridized carbons (Fsp3) is 0.0769. The summed E-state index contributed by atoms with van der Waals surface area (Å²) in [6.07, 6.45) is 0. The number of nitro groups is 1. The van der Waals surface area contributed by atoms with Gasteiger partial charge in [0, 0.05) is 23.0 Å². The van der Waals surface area contributed by atoms with Gasteiger partial charge in [0.2, 0.25) is 0 Å². The van der Waals surface area contributed by atoms with Crippen LogP contribution in [0.5, 0.6) is 5.75 Å². The van der Waals surface area contributed by atoms with Gasteiger partial charge in [0.05, 0.1) is 10.3 Å². The van der Waals surface area contributed by atoms with Gasteiger partial charge in [-0.1, -0.05) is 34.3 Å². The van der Waals surface area contributed by atoms with Crippen molar-refractivity contribution in [2.24, 2.45) is 0 Å². The molecule has 0 N–H and O–H groups in total. The molecule has 3 aromatic rings. The van der Waals surface area contributed by atoms with Crippen LogP contribution >= 0.6 is 23.1 Å². The highest BCUT2D eigenvalue weighted by atomic mass is 35.5. The smallest absolute Gasteiger partial charge is 0.277 e. The predicted molar refractivity (Wildman–Crippen MR) is 79.9 cm³/mol. The number of ether oxygens (including phenoxy) is 1. The van der Waals surface area contributed by atoms with Crippen molar-refractivity contribution < 1.29 is 9.66 Å². The molecular formula is C13H8ClN3O3S. The van der Waals surface area contributed by atoms with E-state index in [-0.39, 0.29) is 12.3 Å². The molecule has 0 saturated carbocycles. The molecule has 0 spiro atoms. The van der Waals surface area contributed by atoms with E-state index in [0.717, 1.165) is 11.5 Å². The molecule has 106 valence electrons. The Morgan fingerprint density at radius 1 is 1.24 bits per heavy atom. The quantitative estimate of drug-likeness (QED) is 0.539. The molecule has 0 aliphatic heterocycles. The second kappa shape index (κ2) is 5.63. The van der Waals surface area contributed by atoms with Crippen LogP contribution in [-0.2, 0) is 6.61 Å². The Labute approximate surface area is 128 Å². The molecule has 1 heterocycles. The zero-order chi connectivity index (χ0) is 14.8. The molecule has 0 bridgehead atoms. The van der Waals surface area contributed by atoms with Crippen LogP contribution in [0.25, 0.3) is 10.8 Å². The maximum absolute atomic E-state index is 11.0. The third-order valence-electron chi connectivity index (χ3n) is 2.93. The summed E-state index contributed by atoms with van der Waals surface area (Å²) in [4.78, 5) is 10.6. The minimum atomic E-state index is -0.409. The number of non-ortho nitro benzene ring substituents is 1. The Balaban J connectivity index is 1.98. The summed E-state index contributed by atoms with van der Waals surface area (Å²) in [7, 11) is 0. The van der Waals surface area contributed by atoms with Crippen molar-refractivity contribution in [2.45, 2.75) is 6.61 Å².